The van der Waals surface area contributed by atoms with E-state index in [0.29, 0.717) is 5.16 Å². The molecule has 0 N–H and O–H groups in total. The monoisotopic (exact) mass is 381 g/mol. The maximum atomic E-state index is 12.8. The van der Waals surface area contributed by atoms with E-state index in [2.05, 4.69) is 10.2 Å². The summed E-state index contributed by atoms with van der Waals surface area (Å²) in [5, 5.41) is 9.03. The van der Waals surface area contributed by atoms with Gasteiger partial charge in [0.05, 0.1) is 12.4 Å². The first-order valence-corrected chi connectivity index (χ1v) is 9.60. The molecule has 1 atom stereocenters. The van der Waals surface area contributed by atoms with Gasteiger partial charge in [0.1, 0.15) is 5.75 Å². The molecule has 0 saturated heterocycles. The number of carbonyl (C=O) groups excluding carboxylic acids is 1. The Balaban J connectivity index is 1.78. The lowest BCUT2D eigenvalue weighted by atomic mass is 10.0. The fourth-order valence-electron chi connectivity index (χ4n) is 2.75. The molecule has 1 heterocycles. The Bertz CT molecular complexity index is 964. The molecule has 3 rings (SSSR count). The molecule has 0 aliphatic heterocycles. The summed E-state index contributed by atoms with van der Waals surface area (Å²) in [6, 6.07) is 13.5. The Kier molecular flexibility index (Phi) is 5.65. The maximum absolute atomic E-state index is 12.8. The summed E-state index contributed by atoms with van der Waals surface area (Å²) in [6.45, 7) is 5.97. The Morgan fingerprint density at radius 1 is 1.07 bits per heavy atom. The van der Waals surface area contributed by atoms with E-state index in [9.17, 15) is 4.79 Å². The van der Waals surface area contributed by atoms with E-state index >= 15 is 0 Å². The number of ether oxygens (including phenoxy) is 1. The Morgan fingerprint density at radius 3 is 2.41 bits per heavy atom. The van der Waals surface area contributed by atoms with Gasteiger partial charge in [0.2, 0.25) is 0 Å². The number of aromatic nitrogens is 3. The molecular formula is C21H23N3O2S. The van der Waals surface area contributed by atoms with Crippen LogP contribution in [0.25, 0.3) is 11.4 Å². The molecule has 2 aromatic carbocycles. The fourth-order valence-corrected chi connectivity index (χ4v) is 3.64. The molecule has 5 nitrogen and oxygen atoms in total. The molecule has 0 bridgehead atoms. The van der Waals surface area contributed by atoms with Crippen LogP contribution in [0.15, 0.2) is 47.6 Å². The summed E-state index contributed by atoms with van der Waals surface area (Å²) in [4.78, 5) is 12.8. The van der Waals surface area contributed by atoms with Crippen molar-refractivity contribution in [1.29, 1.82) is 0 Å². The number of aryl methyl sites for hydroxylation is 2. The van der Waals surface area contributed by atoms with Gasteiger partial charge < -0.3 is 9.30 Å². The van der Waals surface area contributed by atoms with Gasteiger partial charge in [-0.25, -0.2) is 0 Å². The number of ketones is 1. The highest BCUT2D eigenvalue weighted by atomic mass is 32.2. The number of hydrogen-bond acceptors (Lipinski definition) is 5. The average molecular weight is 382 g/mol. The largest absolute Gasteiger partial charge is 0.497 e. The number of hydrogen-bond donors (Lipinski definition) is 0. The van der Waals surface area contributed by atoms with Crippen LogP contribution in [-0.2, 0) is 7.05 Å². The van der Waals surface area contributed by atoms with E-state index in [0.717, 1.165) is 28.3 Å². The second-order valence-electron chi connectivity index (χ2n) is 6.52. The number of benzene rings is 2. The summed E-state index contributed by atoms with van der Waals surface area (Å²) in [6.07, 6.45) is 0. The first-order chi connectivity index (χ1) is 12.9. The second-order valence-corrected chi connectivity index (χ2v) is 7.83. The molecule has 1 unspecified atom stereocenters. The van der Waals surface area contributed by atoms with Crippen LogP contribution in [-0.4, -0.2) is 32.9 Å². The van der Waals surface area contributed by atoms with Crippen molar-refractivity contribution in [3.8, 4) is 17.1 Å². The van der Waals surface area contributed by atoms with Crippen LogP contribution >= 0.6 is 11.8 Å². The zero-order valence-corrected chi connectivity index (χ0v) is 17.0. The Labute approximate surface area is 163 Å². The van der Waals surface area contributed by atoms with Crippen molar-refractivity contribution in [2.24, 2.45) is 7.05 Å². The highest BCUT2D eigenvalue weighted by molar-refractivity contribution is 8.00. The Morgan fingerprint density at radius 2 is 1.78 bits per heavy atom. The van der Waals surface area contributed by atoms with Gasteiger partial charge in [0.15, 0.2) is 16.8 Å². The van der Waals surface area contributed by atoms with Gasteiger partial charge >= 0.3 is 0 Å². The van der Waals surface area contributed by atoms with Crippen molar-refractivity contribution in [1.82, 2.24) is 14.8 Å². The first kappa shape index (κ1) is 19.2. The molecule has 0 saturated carbocycles. The zero-order chi connectivity index (χ0) is 19.6. The third-order valence-electron chi connectivity index (χ3n) is 4.63. The predicted octanol–water partition coefficient (Wildman–Crippen LogP) is 4.47. The molecule has 0 amide bonds. The highest BCUT2D eigenvalue weighted by Crippen LogP contribution is 2.28. The smallest absolute Gasteiger partial charge is 0.191 e. The van der Waals surface area contributed by atoms with Gasteiger partial charge in [-0.05, 0) is 62.2 Å². The minimum Gasteiger partial charge on any atom is -0.497 e. The molecule has 0 radical (unpaired) electrons. The van der Waals surface area contributed by atoms with Crippen LogP contribution < -0.4 is 4.74 Å². The Hall–Kier alpha value is -2.60. The molecule has 0 spiro atoms. The number of Topliss-reactive ketones (excluding diaryl/α,β-unsaturated/α-hetero) is 1. The summed E-state index contributed by atoms with van der Waals surface area (Å²) < 4.78 is 7.11. The number of thioether (sulfide) groups is 1. The minimum absolute atomic E-state index is 0.0945. The van der Waals surface area contributed by atoms with Gasteiger partial charge in [0.25, 0.3) is 0 Å². The third-order valence-corrected chi connectivity index (χ3v) is 5.76. The number of rotatable bonds is 6. The van der Waals surface area contributed by atoms with Crippen molar-refractivity contribution in [2.75, 3.05) is 7.11 Å². The molecule has 3 aromatic rings. The van der Waals surface area contributed by atoms with Crippen molar-refractivity contribution in [3.63, 3.8) is 0 Å². The first-order valence-electron chi connectivity index (χ1n) is 8.72. The summed E-state index contributed by atoms with van der Waals surface area (Å²) in [7, 11) is 3.55. The van der Waals surface area contributed by atoms with Crippen LogP contribution in [0.1, 0.15) is 28.4 Å². The van der Waals surface area contributed by atoms with Crippen LogP contribution in [0.4, 0.5) is 0 Å². The quantitative estimate of drug-likeness (QED) is 0.466. The van der Waals surface area contributed by atoms with E-state index in [1.165, 1.54) is 17.3 Å². The minimum atomic E-state index is -0.251. The van der Waals surface area contributed by atoms with Crippen molar-refractivity contribution >= 4 is 17.5 Å². The molecule has 27 heavy (non-hydrogen) atoms. The fraction of sp³-hybridized carbons (Fsp3) is 0.286. The predicted molar refractivity (Wildman–Crippen MR) is 109 cm³/mol. The van der Waals surface area contributed by atoms with E-state index in [4.69, 9.17) is 4.74 Å². The highest BCUT2D eigenvalue weighted by Gasteiger charge is 2.21. The average Bonchev–Trinajstić information content (AvgIpc) is 3.03. The van der Waals surface area contributed by atoms with Crippen LogP contribution in [0.5, 0.6) is 5.75 Å². The summed E-state index contributed by atoms with van der Waals surface area (Å²) >= 11 is 1.42. The van der Waals surface area contributed by atoms with Crippen LogP contribution in [0.2, 0.25) is 0 Å². The second kappa shape index (κ2) is 7.96. The zero-order valence-electron chi connectivity index (χ0n) is 16.2. The number of carbonyl (C=O) groups is 1. The molecule has 1 aromatic heterocycles. The normalized spacial score (nSPS) is 12.0. The standard InChI is InChI=1S/C21H23N3O2S/c1-13-6-7-17(12-14(13)2)19(25)15(3)27-21-23-22-20(24(21)4)16-8-10-18(26-5)11-9-16/h6-12,15H,1-5H3. The van der Waals surface area contributed by atoms with Gasteiger partial charge in [-0.3, -0.25) is 4.79 Å². The molecule has 0 aliphatic rings. The van der Waals surface area contributed by atoms with Crippen molar-refractivity contribution < 1.29 is 9.53 Å². The molecule has 140 valence electrons. The lowest BCUT2D eigenvalue weighted by Crippen LogP contribution is -2.14. The number of methoxy groups -OCH3 is 1. The topological polar surface area (TPSA) is 57.0 Å². The van der Waals surface area contributed by atoms with Gasteiger partial charge in [0, 0.05) is 18.2 Å². The van der Waals surface area contributed by atoms with E-state index in [1.807, 2.05) is 74.9 Å². The van der Waals surface area contributed by atoms with E-state index in [1.54, 1.807) is 7.11 Å². The molecular weight excluding hydrogens is 358 g/mol. The third kappa shape index (κ3) is 4.06. The van der Waals surface area contributed by atoms with Gasteiger partial charge in [-0.1, -0.05) is 23.9 Å². The number of nitrogens with zero attached hydrogens (tertiary/aromatic N) is 3. The molecule has 0 aliphatic carbocycles. The lowest BCUT2D eigenvalue weighted by Gasteiger charge is -2.11. The van der Waals surface area contributed by atoms with Crippen LogP contribution in [0, 0.1) is 13.8 Å². The van der Waals surface area contributed by atoms with Gasteiger partial charge in [-0.2, -0.15) is 0 Å². The van der Waals surface area contributed by atoms with Crippen LogP contribution in [0.3, 0.4) is 0 Å². The molecule has 6 heteroatoms. The summed E-state index contributed by atoms with van der Waals surface area (Å²) in [5.41, 5.74) is 3.99. The van der Waals surface area contributed by atoms with Gasteiger partial charge in [-0.15, -0.1) is 10.2 Å². The maximum Gasteiger partial charge on any atom is 0.191 e. The van der Waals surface area contributed by atoms with E-state index < -0.39 is 0 Å². The van der Waals surface area contributed by atoms with Crippen molar-refractivity contribution in [2.45, 2.75) is 31.2 Å². The van der Waals surface area contributed by atoms with Crippen molar-refractivity contribution in [3.05, 3.63) is 59.2 Å². The van der Waals surface area contributed by atoms with E-state index in [-0.39, 0.29) is 11.0 Å². The molecule has 0 fully saturated rings. The summed E-state index contributed by atoms with van der Waals surface area (Å²) in [5.74, 6) is 1.64. The lowest BCUT2D eigenvalue weighted by molar-refractivity contribution is 0.0993. The SMILES string of the molecule is COc1ccc(-c2nnc(SC(C)C(=O)c3ccc(C)c(C)c3)n2C)cc1.